The molecule has 15 heavy (non-hydrogen) atoms. The highest BCUT2D eigenvalue weighted by atomic mass is 32.3. The lowest BCUT2D eigenvalue weighted by atomic mass is 10.2. The van der Waals surface area contributed by atoms with Crippen molar-refractivity contribution in [2.45, 2.75) is 5.75 Å². The van der Waals surface area contributed by atoms with E-state index in [1.807, 2.05) is 0 Å². The van der Waals surface area contributed by atoms with E-state index in [1.54, 1.807) is 31.4 Å². The van der Waals surface area contributed by atoms with Gasteiger partial charge in [-0.1, -0.05) is 12.1 Å². The van der Waals surface area contributed by atoms with Gasteiger partial charge >= 0.3 is 10.4 Å². The molecule has 1 N–H and O–H groups in total. The van der Waals surface area contributed by atoms with Crippen molar-refractivity contribution < 1.29 is 21.3 Å². The summed E-state index contributed by atoms with van der Waals surface area (Å²) in [7, 11) is -2.81. The molecule has 84 valence electrons. The third kappa shape index (κ3) is 5.03. The van der Waals surface area contributed by atoms with Gasteiger partial charge in [-0.05, 0) is 17.7 Å². The summed E-state index contributed by atoms with van der Waals surface area (Å²) in [6, 6.07) is 7.06. The van der Waals surface area contributed by atoms with Crippen LogP contribution in [0.3, 0.4) is 0 Å². The molecule has 0 saturated carbocycles. The second-order valence-electron chi connectivity index (χ2n) is 2.61. The summed E-state index contributed by atoms with van der Waals surface area (Å²) in [5.74, 6) is 1.04. The van der Waals surface area contributed by atoms with Crippen LogP contribution in [0.5, 0.6) is 5.75 Å². The predicted octanol–water partition coefficient (Wildman–Crippen LogP) is 1.66. The van der Waals surface area contributed by atoms with Crippen LogP contribution >= 0.6 is 12.0 Å². The summed E-state index contributed by atoms with van der Waals surface area (Å²) in [5, 5.41) is 0. The molecule has 1 aromatic carbocycles. The number of hydrogen-bond donors (Lipinski definition) is 1. The van der Waals surface area contributed by atoms with Crippen LogP contribution in [0.1, 0.15) is 5.56 Å². The summed E-state index contributed by atoms with van der Waals surface area (Å²) < 4.78 is 37.8. The Kier molecular flexibility index (Phi) is 4.40. The Morgan fingerprint density at radius 1 is 1.33 bits per heavy atom. The summed E-state index contributed by atoms with van der Waals surface area (Å²) in [5.41, 5.74) is 0.865. The van der Waals surface area contributed by atoms with Gasteiger partial charge in [0, 0.05) is 17.8 Å². The van der Waals surface area contributed by atoms with Gasteiger partial charge in [0.15, 0.2) is 0 Å². The van der Waals surface area contributed by atoms with E-state index in [0.29, 0.717) is 17.8 Å². The average Bonchev–Trinajstić information content (AvgIpc) is 2.17. The van der Waals surface area contributed by atoms with Gasteiger partial charge in [0.25, 0.3) is 0 Å². The fourth-order valence-electron chi connectivity index (χ4n) is 0.875. The van der Waals surface area contributed by atoms with Gasteiger partial charge in [-0.15, -0.1) is 0 Å². The van der Waals surface area contributed by atoms with Gasteiger partial charge in [0.05, 0.1) is 7.11 Å². The van der Waals surface area contributed by atoms with Crippen molar-refractivity contribution in [2.24, 2.45) is 0 Å². The molecular formula is C8H10O5S2. The van der Waals surface area contributed by atoms with Crippen LogP contribution in [-0.2, 0) is 19.8 Å². The smallest absolute Gasteiger partial charge is 0.408 e. The molecule has 0 aliphatic rings. The van der Waals surface area contributed by atoms with Gasteiger partial charge in [0.2, 0.25) is 0 Å². The van der Waals surface area contributed by atoms with E-state index in [1.165, 1.54) is 0 Å². The van der Waals surface area contributed by atoms with E-state index >= 15 is 0 Å². The van der Waals surface area contributed by atoms with Crippen molar-refractivity contribution in [3.05, 3.63) is 29.8 Å². The van der Waals surface area contributed by atoms with Gasteiger partial charge < -0.3 is 4.74 Å². The lowest BCUT2D eigenvalue weighted by Crippen LogP contribution is -1.97. The second-order valence-corrected chi connectivity index (χ2v) is 4.53. The molecule has 0 saturated heterocycles. The lowest BCUT2D eigenvalue weighted by molar-refractivity contribution is 0.407. The van der Waals surface area contributed by atoms with Crippen LogP contribution in [0.2, 0.25) is 0 Å². The molecule has 0 spiro atoms. The largest absolute Gasteiger partial charge is 0.497 e. The topological polar surface area (TPSA) is 72.8 Å². The van der Waals surface area contributed by atoms with Gasteiger partial charge in [-0.3, -0.25) is 4.55 Å². The average molecular weight is 250 g/mol. The molecule has 0 heterocycles. The van der Waals surface area contributed by atoms with Crippen LogP contribution in [0.4, 0.5) is 0 Å². The molecule has 1 rings (SSSR count). The Morgan fingerprint density at radius 2 is 1.93 bits per heavy atom. The number of methoxy groups -OCH3 is 1. The Hall–Kier alpha value is -0.760. The zero-order valence-electron chi connectivity index (χ0n) is 7.91. The summed E-state index contributed by atoms with van der Waals surface area (Å²) >= 11 is 0.648. The van der Waals surface area contributed by atoms with E-state index in [-0.39, 0.29) is 0 Å². The highest BCUT2D eigenvalue weighted by Gasteiger charge is 2.05. The van der Waals surface area contributed by atoms with Gasteiger partial charge in [-0.2, -0.15) is 12.0 Å². The first-order chi connectivity index (χ1) is 7.01. The first-order valence-corrected chi connectivity index (χ1v) is 6.20. The van der Waals surface area contributed by atoms with Crippen molar-refractivity contribution in [3.8, 4) is 5.75 Å². The van der Waals surface area contributed by atoms with Crippen molar-refractivity contribution in [2.75, 3.05) is 7.11 Å². The van der Waals surface area contributed by atoms with Crippen LogP contribution in [0.25, 0.3) is 0 Å². The van der Waals surface area contributed by atoms with E-state index < -0.39 is 10.4 Å². The molecular weight excluding hydrogens is 240 g/mol. The molecule has 0 amide bonds. The Balaban J connectivity index is 2.45. The number of rotatable bonds is 5. The fourth-order valence-corrected chi connectivity index (χ4v) is 1.88. The maximum absolute atomic E-state index is 10.2. The third-order valence-electron chi connectivity index (χ3n) is 1.52. The summed E-state index contributed by atoms with van der Waals surface area (Å²) in [6.07, 6.45) is 0. The van der Waals surface area contributed by atoms with Gasteiger partial charge in [-0.25, -0.2) is 0 Å². The van der Waals surface area contributed by atoms with Crippen LogP contribution in [-0.4, -0.2) is 20.1 Å². The van der Waals surface area contributed by atoms with Crippen molar-refractivity contribution >= 4 is 22.4 Å². The van der Waals surface area contributed by atoms with Crippen LogP contribution < -0.4 is 4.74 Å². The van der Waals surface area contributed by atoms with E-state index in [4.69, 9.17) is 9.29 Å². The van der Waals surface area contributed by atoms with Crippen molar-refractivity contribution in [1.29, 1.82) is 0 Å². The van der Waals surface area contributed by atoms with Gasteiger partial charge in [0.1, 0.15) is 5.75 Å². The van der Waals surface area contributed by atoms with Crippen LogP contribution in [0, 0.1) is 0 Å². The second kappa shape index (κ2) is 5.36. The predicted molar refractivity (Wildman–Crippen MR) is 56.9 cm³/mol. The molecule has 0 bridgehead atoms. The minimum atomic E-state index is -4.37. The highest BCUT2D eigenvalue weighted by Crippen LogP contribution is 2.18. The Bertz CT molecular complexity index is 398. The molecule has 0 aliphatic carbocycles. The number of hydrogen-bond acceptors (Lipinski definition) is 5. The molecule has 0 aromatic heterocycles. The molecule has 0 fully saturated rings. The Labute approximate surface area is 92.6 Å². The quantitative estimate of drug-likeness (QED) is 0.633. The highest BCUT2D eigenvalue weighted by molar-refractivity contribution is 8.02. The maximum atomic E-state index is 10.2. The number of benzene rings is 1. The zero-order valence-corrected chi connectivity index (χ0v) is 9.55. The van der Waals surface area contributed by atoms with Crippen molar-refractivity contribution in [1.82, 2.24) is 0 Å². The normalized spacial score (nSPS) is 11.3. The van der Waals surface area contributed by atoms with E-state index in [0.717, 1.165) is 11.3 Å². The molecule has 1 aromatic rings. The number of ether oxygens (including phenoxy) is 1. The first-order valence-electron chi connectivity index (χ1n) is 3.93. The molecule has 0 radical (unpaired) electrons. The van der Waals surface area contributed by atoms with Crippen molar-refractivity contribution in [3.63, 3.8) is 0 Å². The minimum Gasteiger partial charge on any atom is -0.497 e. The zero-order chi connectivity index (χ0) is 11.3. The first kappa shape index (κ1) is 12.3. The maximum Gasteiger partial charge on any atom is 0.408 e. The summed E-state index contributed by atoms with van der Waals surface area (Å²) in [4.78, 5) is 0. The Morgan fingerprint density at radius 3 is 2.40 bits per heavy atom. The standard InChI is InChI=1S/C8H10O5S2/c1-12-8-4-2-7(3-5-8)6-14-13-15(9,10)11/h2-5H,6H2,1H3,(H,9,10,11). The molecule has 0 aliphatic heterocycles. The lowest BCUT2D eigenvalue weighted by Gasteiger charge is -2.02. The SMILES string of the molecule is COc1ccc(CSOS(=O)(=O)O)cc1. The minimum absolute atomic E-state index is 0.323. The van der Waals surface area contributed by atoms with Crippen LogP contribution in [0.15, 0.2) is 24.3 Å². The third-order valence-corrected chi connectivity index (χ3v) is 3.04. The molecule has 5 nitrogen and oxygen atoms in total. The molecule has 0 atom stereocenters. The molecule has 7 heteroatoms. The monoisotopic (exact) mass is 250 g/mol. The molecule has 0 unspecified atom stereocenters. The summed E-state index contributed by atoms with van der Waals surface area (Å²) in [6.45, 7) is 0. The van der Waals surface area contributed by atoms with E-state index in [2.05, 4.69) is 3.63 Å². The fraction of sp³-hybridized carbons (Fsp3) is 0.250. The van der Waals surface area contributed by atoms with E-state index in [9.17, 15) is 8.42 Å².